The quantitative estimate of drug-likeness (QED) is 0.671. The Hall–Kier alpha value is -3.66. The number of methoxy groups -OCH3 is 1. The first-order valence-electron chi connectivity index (χ1n) is 8.55. The summed E-state index contributed by atoms with van der Waals surface area (Å²) >= 11 is 0. The summed E-state index contributed by atoms with van der Waals surface area (Å²) in [5.74, 6) is 0.308. The number of aliphatic hydroxyl groups excluding tert-OH is 1. The molecule has 3 aromatic rings. The van der Waals surface area contributed by atoms with E-state index in [0.29, 0.717) is 28.3 Å². The van der Waals surface area contributed by atoms with Crippen molar-refractivity contribution < 1.29 is 14.6 Å². The number of aliphatic hydroxyl groups is 1. The summed E-state index contributed by atoms with van der Waals surface area (Å²) in [6, 6.07) is 23.7. The standard InChI is InChI=1S/C23H17NO3/c1-27-19-14-8-7-13-18(19)24-21(15-9-3-2-4-10-15)20-22(25)16-11-5-6-12-17(16)23(20)26/h2-14,25H,1H3. The normalized spacial score (nSPS) is 13.7. The smallest absolute Gasteiger partial charge is 0.199 e. The van der Waals surface area contributed by atoms with Crippen molar-refractivity contribution >= 4 is 22.9 Å². The molecule has 0 atom stereocenters. The Balaban J connectivity index is 1.95. The van der Waals surface area contributed by atoms with Gasteiger partial charge in [-0.25, -0.2) is 4.99 Å². The SMILES string of the molecule is COc1ccccc1N=C(C1=C(O)c2ccccc2C1=O)c1ccccc1. The maximum Gasteiger partial charge on any atom is 0.199 e. The van der Waals surface area contributed by atoms with E-state index in [2.05, 4.69) is 0 Å². The van der Waals surface area contributed by atoms with Gasteiger partial charge in [0.1, 0.15) is 17.2 Å². The fraction of sp³-hybridized carbons (Fsp3) is 0.0435. The lowest BCUT2D eigenvalue weighted by atomic mass is 9.99. The Bertz CT molecular complexity index is 1080. The van der Waals surface area contributed by atoms with Gasteiger partial charge in [0.15, 0.2) is 5.78 Å². The zero-order valence-electron chi connectivity index (χ0n) is 14.7. The second-order valence-electron chi connectivity index (χ2n) is 6.10. The lowest BCUT2D eigenvalue weighted by Crippen LogP contribution is -2.12. The molecule has 0 heterocycles. The number of allylic oxidation sites excluding steroid dienone is 1. The van der Waals surface area contributed by atoms with E-state index in [9.17, 15) is 9.90 Å². The van der Waals surface area contributed by atoms with Crippen molar-refractivity contribution in [1.29, 1.82) is 0 Å². The largest absolute Gasteiger partial charge is 0.506 e. The second kappa shape index (κ2) is 6.92. The lowest BCUT2D eigenvalue weighted by Gasteiger charge is -2.10. The van der Waals surface area contributed by atoms with E-state index in [-0.39, 0.29) is 17.1 Å². The Kier molecular flexibility index (Phi) is 4.30. The average Bonchev–Trinajstić information content (AvgIpc) is 2.98. The van der Waals surface area contributed by atoms with E-state index in [4.69, 9.17) is 9.73 Å². The van der Waals surface area contributed by atoms with Gasteiger partial charge in [0.2, 0.25) is 0 Å². The van der Waals surface area contributed by atoms with Crippen LogP contribution in [-0.2, 0) is 0 Å². The molecule has 0 fully saturated rings. The molecule has 4 nitrogen and oxygen atoms in total. The van der Waals surface area contributed by atoms with Crippen molar-refractivity contribution in [3.05, 3.63) is 101 Å². The maximum absolute atomic E-state index is 13.0. The molecule has 0 bridgehead atoms. The first-order valence-corrected chi connectivity index (χ1v) is 8.55. The zero-order valence-corrected chi connectivity index (χ0v) is 14.7. The topological polar surface area (TPSA) is 58.9 Å². The molecule has 3 aromatic carbocycles. The summed E-state index contributed by atoms with van der Waals surface area (Å²) in [7, 11) is 1.57. The van der Waals surface area contributed by atoms with Gasteiger partial charge in [-0.1, -0.05) is 66.7 Å². The first kappa shape index (κ1) is 16.8. The zero-order chi connectivity index (χ0) is 18.8. The molecule has 27 heavy (non-hydrogen) atoms. The van der Waals surface area contributed by atoms with E-state index in [1.165, 1.54) is 0 Å². The highest BCUT2D eigenvalue weighted by atomic mass is 16.5. The molecule has 1 aliphatic carbocycles. The summed E-state index contributed by atoms with van der Waals surface area (Å²) < 4.78 is 5.39. The number of ketones is 1. The van der Waals surface area contributed by atoms with Crippen molar-refractivity contribution in [3.8, 4) is 5.75 Å². The van der Waals surface area contributed by atoms with Crippen molar-refractivity contribution in [3.63, 3.8) is 0 Å². The summed E-state index contributed by atoms with van der Waals surface area (Å²) in [5.41, 5.74) is 2.95. The number of benzene rings is 3. The first-order chi connectivity index (χ1) is 13.2. The van der Waals surface area contributed by atoms with E-state index in [1.54, 1.807) is 37.4 Å². The molecule has 0 amide bonds. The number of hydrogen-bond acceptors (Lipinski definition) is 4. The number of Topliss-reactive ketones (excluding diaryl/α,β-unsaturated/α-hetero) is 1. The molecule has 132 valence electrons. The highest BCUT2D eigenvalue weighted by Crippen LogP contribution is 2.35. The molecular formula is C23H17NO3. The highest BCUT2D eigenvalue weighted by Gasteiger charge is 2.33. The van der Waals surface area contributed by atoms with Crippen molar-refractivity contribution in [2.75, 3.05) is 7.11 Å². The minimum Gasteiger partial charge on any atom is -0.506 e. The van der Waals surface area contributed by atoms with Crippen molar-refractivity contribution in [2.45, 2.75) is 0 Å². The third-order valence-electron chi connectivity index (χ3n) is 4.49. The fourth-order valence-corrected chi connectivity index (χ4v) is 3.19. The number of nitrogens with zero attached hydrogens (tertiary/aromatic N) is 1. The Morgan fingerprint density at radius 3 is 2.19 bits per heavy atom. The average molecular weight is 355 g/mol. The molecule has 4 heteroatoms. The molecule has 4 rings (SSSR count). The summed E-state index contributed by atoms with van der Waals surface area (Å²) in [4.78, 5) is 17.8. The molecule has 1 N–H and O–H groups in total. The van der Waals surface area contributed by atoms with Gasteiger partial charge in [0, 0.05) is 16.7 Å². The van der Waals surface area contributed by atoms with Crippen LogP contribution in [0.15, 0.2) is 89.4 Å². The Labute approximate surface area is 157 Å². The van der Waals surface area contributed by atoms with Gasteiger partial charge in [-0.3, -0.25) is 4.79 Å². The molecular weight excluding hydrogens is 338 g/mol. The van der Waals surface area contributed by atoms with Gasteiger partial charge in [0.25, 0.3) is 0 Å². The van der Waals surface area contributed by atoms with Crippen LogP contribution < -0.4 is 4.74 Å². The Morgan fingerprint density at radius 2 is 1.48 bits per heavy atom. The van der Waals surface area contributed by atoms with Gasteiger partial charge >= 0.3 is 0 Å². The molecule has 0 unspecified atom stereocenters. The third-order valence-corrected chi connectivity index (χ3v) is 4.49. The van der Waals surface area contributed by atoms with E-state index in [1.807, 2.05) is 48.5 Å². The number of carbonyl (C=O) groups excluding carboxylic acids is 1. The third kappa shape index (κ3) is 2.91. The summed E-state index contributed by atoms with van der Waals surface area (Å²) in [6.07, 6.45) is 0. The van der Waals surface area contributed by atoms with Crippen LogP contribution in [0.25, 0.3) is 5.76 Å². The number of hydrogen-bond donors (Lipinski definition) is 1. The van der Waals surface area contributed by atoms with E-state index < -0.39 is 0 Å². The van der Waals surface area contributed by atoms with Crippen LogP contribution in [0.5, 0.6) is 5.75 Å². The predicted molar refractivity (Wildman–Crippen MR) is 106 cm³/mol. The highest BCUT2D eigenvalue weighted by molar-refractivity contribution is 6.39. The van der Waals surface area contributed by atoms with Crippen molar-refractivity contribution in [1.82, 2.24) is 0 Å². The Morgan fingerprint density at radius 1 is 0.852 bits per heavy atom. The number of aliphatic imine (C=N–C) groups is 1. The van der Waals surface area contributed by atoms with Gasteiger partial charge < -0.3 is 9.84 Å². The van der Waals surface area contributed by atoms with Crippen LogP contribution >= 0.6 is 0 Å². The van der Waals surface area contributed by atoms with Gasteiger partial charge in [-0.2, -0.15) is 0 Å². The number of fused-ring (bicyclic) bond motifs is 1. The lowest BCUT2D eigenvalue weighted by molar-refractivity contribution is 0.104. The second-order valence-corrected chi connectivity index (χ2v) is 6.10. The van der Waals surface area contributed by atoms with Crippen LogP contribution in [-0.4, -0.2) is 23.7 Å². The fourth-order valence-electron chi connectivity index (χ4n) is 3.19. The minimum absolute atomic E-state index is 0.0481. The monoisotopic (exact) mass is 355 g/mol. The van der Waals surface area contributed by atoms with Crippen LogP contribution in [0.4, 0.5) is 5.69 Å². The number of carbonyl (C=O) groups is 1. The van der Waals surface area contributed by atoms with Gasteiger partial charge in [-0.15, -0.1) is 0 Å². The molecule has 0 saturated carbocycles. The van der Waals surface area contributed by atoms with E-state index in [0.717, 1.165) is 5.56 Å². The number of rotatable bonds is 4. The van der Waals surface area contributed by atoms with Crippen LogP contribution in [0.2, 0.25) is 0 Å². The molecule has 0 aromatic heterocycles. The number of para-hydroxylation sites is 2. The van der Waals surface area contributed by atoms with Crippen LogP contribution in [0.3, 0.4) is 0 Å². The molecule has 0 spiro atoms. The molecule has 0 radical (unpaired) electrons. The summed E-state index contributed by atoms with van der Waals surface area (Å²) in [5, 5.41) is 10.8. The molecule has 0 saturated heterocycles. The van der Waals surface area contributed by atoms with Crippen molar-refractivity contribution in [2.24, 2.45) is 4.99 Å². The van der Waals surface area contributed by atoms with Crippen LogP contribution in [0.1, 0.15) is 21.5 Å². The van der Waals surface area contributed by atoms with Gasteiger partial charge in [0.05, 0.1) is 18.4 Å². The maximum atomic E-state index is 13.0. The molecule has 1 aliphatic rings. The van der Waals surface area contributed by atoms with Gasteiger partial charge in [-0.05, 0) is 12.1 Å². The number of ether oxygens (including phenoxy) is 1. The predicted octanol–water partition coefficient (Wildman–Crippen LogP) is 4.98. The minimum atomic E-state index is -0.236. The summed E-state index contributed by atoms with van der Waals surface area (Å²) in [6.45, 7) is 0. The van der Waals surface area contributed by atoms with Crippen LogP contribution in [0, 0.1) is 0 Å². The van der Waals surface area contributed by atoms with E-state index >= 15 is 0 Å². The molecule has 0 aliphatic heterocycles.